The van der Waals surface area contributed by atoms with Crippen molar-refractivity contribution in [2.75, 3.05) is 0 Å². The van der Waals surface area contributed by atoms with E-state index in [4.69, 9.17) is 5.73 Å². The summed E-state index contributed by atoms with van der Waals surface area (Å²) < 4.78 is 77.2. The van der Waals surface area contributed by atoms with Gasteiger partial charge in [0.1, 0.15) is 0 Å². The Morgan fingerprint density at radius 1 is 1.00 bits per heavy atom. The fraction of sp³-hybridized carbons (Fsp3) is 0.600. The summed E-state index contributed by atoms with van der Waals surface area (Å²) in [5.41, 5.74) is 2.38. The zero-order chi connectivity index (χ0) is 18.0. The molecule has 1 aromatic carbocycles. The van der Waals surface area contributed by atoms with Gasteiger partial charge in [-0.25, -0.2) is 0 Å². The van der Waals surface area contributed by atoms with E-state index >= 15 is 0 Å². The molecule has 0 heterocycles. The van der Waals surface area contributed by atoms with E-state index in [-0.39, 0.29) is 12.3 Å². The van der Waals surface area contributed by atoms with Crippen molar-refractivity contribution in [1.29, 1.82) is 0 Å². The van der Waals surface area contributed by atoms with Crippen LogP contribution in [0.15, 0.2) is 18.2 Å². The molecule has 132 valence electrons. The topological polar surface area (TPSA) is 46.2 Å². The van der Waals surface area contributed by atoms with Crippen LogP contribution < -0.4 is 5.73 Å². The molecule has 0 fully saturated rings. The number of halogens is 6. The Morgan fingerprint density at radius 3 is 2.00 bits per heavy atom. The normalized spacial score (nSPS) is 15.8. The number of nitrogens with two attached hydrogens (primary N) is 1. The Balaban J connectivity index is 3.23. The quantitative estimate of drug-likeness (QED) is 0.772. The maximum Gasteiger partial charge on any atom is 0.416 e. The van der Waals surface area contributed by atoms with Gasteiger partial charge in [-0.05, 0) is 42.5 Å². The van der Waals surface area contributed by atoms with Gasteiger partial charge in [0.15, 0.2) is 0 Å². The molecule has 1 rings (SSSR count). The molecule has 2 nitrogen and oxygen atoms in total. The second-order valence-corrected chi connectivity index (χ2v) is 5.86. The zero-order valence-corrected chi connectivity index (χ0v) is 12.7. The summed E-state index contributed by atoms with van der Waals surface area (Å²) in [4.78, 5) is 0. The molecule has 0 aliphatic rings. The zero-order valence-electron chi connectivity index (χ0n) is 12.7. The van der Waals surface area contributed by atoms with Crippen LogP contribution in [0.4, 0.5) is 26.3 Å². The van der Waals surface area contributed by atoms with Crippen molar-refractivity contribution in [3.63, 3.8) is 0 Å². The van der Waals surface area contributed by atoms with E-state index in [0.29, 0.717) is 24.6 Å². The molecule has 0 aliphatic carbocycles. The smallest absolute Gasteiger partial charge is 0.391 e. The SMILES string of the molecule is CC(C)CC[C@@H](O)[C@@H](N)c1cc(C(F)(F)F)ccc1C(F)(F)F. The second-order valence-electron chi connectivity index (χ2n) is 5.86. The molecule has 0 amide bonds. The molecule has 0 spiro atoms. The van der Waals surface area contributed by atoms with Crippen LogP contribution in [0.1, 0.15) is 49.4 Å². The lowest BCUT2D eigenvalue weighted by Crippen LogP contribution is -2.29. The predicted octanol–water partition coefficient (Wildman–Crippen LogP) is 4.52. The first kappa shape index (κ1) is 19.8. The molecule has 0 aliphatic heterocycles. The maximum atomic E-state index is 13.0. The lowest BCUT2D eigenvalue weighted by Gasteiger charge is -2.24. The standard InChI is InChI=1S/C15H19F6NO/c1-8(2)3-6-12(23)13(22)10-7-9(14(16,17)18)4-5-11(10)15(19,20)21/h4-5,7-8,12-13,23H,3,6,22H2,1-2H3/t12-,13+/m1/s1. The van der Waals surface area contributed by atoms with Crippen LogP contribution in [0.3, 0.4) is 0 Å². The number of alkyl halides is 6. The minimum atomic E-state index is -4.85. The van der Waals surface area contributed by atoms with Crippen LogP contribution in [0, 0.1) is 5.92 Å². The third-order valence-corrected chi connectivity index (χ3v) is 3.50. The van der Waals surface area contributed by atoms with E-state index in [2.05, 4.69) is 0 Å². The van der Waals surface area contributed by atoms with Gasteiger partial charge in [-0.2, -0.15) is 26.3 Å². The van der Waals surface area contributed by atoms with E-state index in [9.17, 15) is 31.4 Å². The first-order chi connectivity index (χ1) is 10.3. The number of benzene rings is 1. The van der Waals surface area contributed by atoms with Gasteiger partial charge in [-0.15, -0.1) is 0 Å². The van der Waals surface area contributed by atoms with Crippen LogP contribution in [-0.4, -0.2) is 11.2 Å². The lowest BCUT2D eigenvalue weighted by molar-refractivity contribution is -0.142. The van der Waals surface area contributed by atoms with Crippen molar-refractivity contribution in [2.45, 2.75) is 51.2 Å². The Labute approximate surface area is 130 Å². The summed E-state index contributed by atoms with van der Waals surface area (Å²) in [7, 11) is 0. The van der Waals surface area contributed by atoms with Crippen molar-refractivity contribution >= 4 is 0 Å². The van der Waals surface area contributed by atoms with E-state index < -0.39 is 41.2 Å². The molecule has 0 bridgehead atoms. The van der Waals surface area contributed by atoms with E-state index in [0.717, 1.165) is 0 Å². The summed E-state index contributed by atoms with van der Waals surface area (Å²) >= 11 is 0. The van der Waals surface area contributed by atoms with Gasteiger partial charge in [0, 0.05) is 0 Å². The van der Waals surface area contributed by atoms with Crippen molar-refractivity contribution in [1.82, 2.24) is 0 Å². The average molecular weight is 343 g/mol. The third-order valence-electron chi connectivity index (χ3n) is 3.50. The van der Waals surface area contributed by atoms with Gasteiger partial charge < -0.3 is 10.8 Å². The summed E-state index contributed by atoms with van der Waals surface area (Å²) in [5.74, 6) is 0.181. The highest BCUT2D eigenvalue weighted by atomic mass is 19.4. The number of hydrogen-bond acceptors (Lipinski definition) is 2. The van der Waals surface area contributed by atoms with Crippen molar-refractivity contribution in [3.05, 3.63) is 34.9 Å². The fourth-order valence-corrected chi connectivity index (χ4v) is 2.16. The first-order valence-electron chi connectivity index (χ1n) is 7.06. The van der Waals surface area contributed by atoms with Crippen molar-refractivity contribution in [2.24, 2.45) is 11.7 Å². The molecule has 0 radical (unpaired) electrons. The monoisotopic (exact) mass is 343 g/mol. The molecular weight excluding hydrogens is 324 g/mol. The number of hydrogen-bond donors (Lipinski definition) is 2. The predicted molar refractivity (Wildman–Crippen MR) is 73.5 cm³/mol. The van der Waals surface area contributed by atoms with Crippen LogP contribution in [-0.2, 0) is 12.4 Å². The largest absolute Gasteiger partial charge is 0.416 e. The average Bonchev–Trinajstić information content (AvgIpc) is 2.41. The molecule has 2 atom stereocenters. The molecule has 0 unspecified atom stereocenters. The molecule has 1 aromatic rings. The highest BCUT2D eigenvalue weighted by molar-refractivity contribution is 5.38. The van der Waals surface area contributed by atoms with Gasteiger partial charge >= 0.3 is 12.4 Å². The minimum absolute atomic E-state index is 0.104. The Morgan fingerprint density at radius 2 is 1.57 bits per heavy atom. The highest BCUT2D eigenvalue weighted by Gasteiger charge is 2.39. The fourth-order valence-electron chi connectivity index (χ4n) is 2.16. The Kier molecular flexibility index (Phi) is 6.09. The number of aliphatic hydroxyl groups is 1. The van der Waals surface area contributed by atoms with E-state index in [1.54, 1.807) is 0 Å². The number of rotatable bonds is 5. The van der Waals surface area contributed by atoms with Crippen LogP contribution in [0.5, 0.6) is 0 Å². The van der Waals surface area contributed by atoms with Crippen LogP contribution in [0.25, 0.3) is 0 Å². The minimum Gasteiger partial charge on any atom is -0.391 e. The van der Waals surface area contributed by atoms with Crippen molar-refractivity contribution < 1.29 is 31.4 Å². The van der Waals surface area contributed by atoms with Gasteiger partial charge in [-0.3, -0.25) is 0 Å². The van der Waals surface area contributed by atoms with E-state index in [1.165, 1.54) is 0 Å². The lowest BCUT2D eigenvalue weighted by atomic mass is 9.91. The summed E-state index contributed by atoms with van der Waals surface area (Å²) in [6, 6.07) is -0.466. The molecule has 3 N–H and O–H groups in total. The Bertz CT molecular complexity index is 524. The highest BCUT2D eigenvalue weighted by Crippen LogP contribution is 2.39. The molecule has 0 aromatic heterocycles. The third kappa shape index (κ3) is 5.39. The van der Waals surface area contributed by atoms with Crippen LogP contribution in [0.2, 0.25) is 0 Å². The molecular formula is C15H19F6NO. The summed E-state index contributed by atoms with van der Waals surface area (Å²) in [5, 5.41) is 9.93. The van der Waals surface area contributed by atoms with Crippen LogP contribution >= 0.6 is 0 Å². The molecule has 8 heteroatoms. The molecule has 23 heavy (non-hydrogen) atoms. The van der Waals surface area contributed by atoms with Gasteiger partial charge in [-0.1, -0.05) is 13.8 Å². The van der Waals surface area contributed by atoms with Gasteiger partial charge in [0.2, 0.25) is 0 Å². The van der Waals surface area contributed by atoms with Gasteiger partial charge in [0.05, 0.1) is 23.3 Å². The second kappa shape index (κ2) is 7.09. The Hall–Kier alpha value is -1.28. The number of aliphatic hydroxyl groups excluding tert-OH is 1. The van der Waals surface area contributed by atoms with Gasteiger partial charge in [0.25, 0.3) is 0 Å². The maximum absolute atomic E-state index is 13.0. The molecule has 0 saturated carbocycles. The first-order valence-corrected chi connectivity index (χ1v) is 7.06. The van der Waals surface area contributed by atoms with E-state index in [1.807, 2.05) is 13.8 Å². The summed E-state index contributed by atoms with van der Waals surface area (Å²) in [6.07, 6.45) is -10.4. The molecule has 0 saturated heterocycles. The summed E-state index contributed by atoms with van der Waals surface area (Å²) in [6.45, 7) is 3.70. The van der Waals surface area contributed by atoms with Crippen molar-refractivity contribution in [3.8, 4) is 0 Å².